The van der Waals surface area contributed by atoms with Crippen molar-refractivity contribution >= 4 is 17.9 Å². The van der Waals surface area contributed by atoms with Crippen molar-refractivity contribution in [2.45, 2.75) is 19.3 Å². The van der Waals surface area contributed by atoms with Crippen LogP contribution in [0.4, 0.5) is 0 Å². The van der Waals surface area contributed by atoms with Gasteiger partial charge in [0, 0.05) is 10.4 Å². The SMILES string of the molecule is O=CC1(Cc2ccccc2Cl)CC1. The Hall–Kier alpha value is -0.820. The number of halogens is 1. The summed E-state index contributed by atoms with van der Waals surface area (Å²) in [5.41, 5.74) is 1.01. The number of carbonyl (C=O) groups is 1. The van der Waals surface area contributed by atoms with E-state index in [1.54, 1.807) is 0 Å². The fourth-order valence-corrected chi connectivity index (χ4v) is 1.72. The van der Waals surface area contributed by atoms with Crippen LogP contribution in [0, 0.1) is 5.41 Å². The maximum atomic E-state index is 10.8. The zero-order chi connectivity index (χ0) is 9.31. The molecule has 0 N–H and O–H groups in total. The van der Waals surface area contributed by atoms with Crippen LogP contribution in [-0.4, -0.2) is 6.29 Å². The zero-order valence-corrected chi connectivity index (χ0v) is 8.05. The maximum absolute atomic E-state index is 10.8. The molecule has 0 spiro atoms. The molecular formula is C11H11ClO. The fraction of sp³-hybridized carbons (Fsp3) is 0.364. The lowest BCUT2D eigenvalue weighted by molar-refractivity contribution is -0.112. The molecule has 1 aromatic carbocycles. The van der Waals surface area contributed by atoms with Crippen LogP contribution in [0.5, 0.6) is 0 Å². The summed E-state index contributed by atoms with van der Waals surface area (Å²) >= 11 is 6.00. The van der Waals surface area contributed by atoms with E-state index in [1.807, 2.05) is 24.3 Å². The van der Waals surface area contributed by atoms with Gasteiger partial charge in [-0.25, -0.2) is 0 Å². The monoisotopic (exact) mass is 194 g/mol. The van der Waals surface area contributed by atoms with Crippen molar-refractivity contribution in [3.8, 4) is 0 Å². The molecule has 1 aliphatic carbocycles. The van der Waals surface area contributed by atoms with Crippen molar-refractivity contribution in [1.82, 2.24) is 0 Å². The fourth-order valence-electron chi connectivity index (χ4n) is 1.52. The van der Waals surface area contributed by atoms with E-state index < -0.39 is 0 Å². The highest BCUT2D eigenvalue weighted by molar-refractivity contribution is 6.31. The number of aldehydes is 1. The summed E-state index contributed by atoms with van der Waals surface area (Å²) in [6, 6.07) is 7.73. The third-order valence-corrected chi connectivity index (χ3v) is 3.01. The lowest BCUT2D eigenvalue weighted by Gasteiger charge is -2.07. The van der Waals surface area contributed by atoms with Gasteiger partial charge in [-0.2, -0.15) is 0 Å². The number of hydrogen-bond donors (Lipinski definition) is 0. The van der Waals surface area contributed by atoms with Gasteiger partial charge in [-0.1, -0.05) is 29.8 Å². The van der Waals surface area contributed by atoms with Crippen LogP contribution in [0.1, 0.15) is 18.4 Å². The zero-order valence-electron chi connectivity index (χ0n) is 7.29. The third kappa shape index (κ3) is 1.75. The second kappa shape index (κ2) is 3.15. The molecule has 13 heavy (non-hydrogen) atoms. The molecule has 0 aliphatic heterocycles. The Balaban J connectivity index is 2.18. The summed E-state index contributed by atoms with van der Waals surface area (Å²) in [5, 5.41) is 0.774. The number of rotatable bonds is 3. The largest absolute Gasteiger partial charge is 0.303 e. The minimum Gasteiger partial charge on any atom is -0.303 e. The third-order valence-electron chi connectivity index (χ3n) is 2.64. The molecule has 0 bridgehead atoms. The van der Waals surface area contributed by atoms with Crippen LogP contribution in [0.15, 0.2) is 24.3 Å². The van der Waals surface area contributed by atoms with Gasteiger partial charge in [-0.3, -0.25) is 0 Å². The number of carbonyl (C=O) groups excluding carboxylic acids is 1. The highest BCUT2D eigenvalue weighted by Gasteiger charge is 2.42. The Morgan fingerprint density at radius 1 is 1.38 bits per heavy atom. The van der Waals surface area contributed by atoms with Crippen molar-refractivity contribution in [2.75, 3.05) is 0 Å². The maximum Gasteiger partial charge on any atom is 0.126 e. The molecule has 0 heterocycles. The molecule has 2 heteroatoms. The van der Waals surface area contributed by atoms with E-state index in [2.05, 4.69) is 0 Å². The Kier molecular flexibility index (Phi) is 2.12. The molecule has 0 radical (unpaired) electrons. The first-order chi connectivity index (χ1) is 6.26. The van der Waals surface area contributed by atoms with Gasteiger partial charge in [0.25, 0.3) is 0 Å². The molecule has 0 atom stereocenters. The van der Waals surface area contributed by atoms with Gasteiger partial charge in [-0.15, -0.1) is 0 Å². The topological polar surface area (TPSA) is 17.1 Å². The Bertz CT molecular complexity index is 329. The summed E-state index contributed by atoms with van der Waals surface area (Å²) in [5.74, 6) is 0. The molecule has 0 unspecified atom stereocenters. The Morgan fingerprint density at radius 3 is 2.62 bits per heavy atom. The van der Waals surface area contributed by atoms with Crippen molar-refractivity contribution in [1.29, 1.82) is 0 Å². The summed E-state index contributed by atoms with van der Waals surface area (Å²) in [6.07, 6.45) is 3.91. The lowest BCUT2D eigenvalue weighted by Crippen LogP contribution is -2.06. The minimum atomic E-state index is -0.0784. The van der Waals surface area contributed by atoms with Crippen molar-refractivity contribution in [3.05, 3.63) is 34.9 Å². The second-order valence-corrected chi connectivity index (χ2v) is 4.16. The molecular weight excluding hydrogens is 184 g/mol. The molecule has 1 aliphatic rings. The highest BCUT2D eigenvalue weighted by Crippen LogP contribution is 2.46. The van der Waals surface area contributed by atoms with Gasteiger partial charge in [-0.05, 0) is 30.9 Å². The molecule has 0 aromatic heterocycles. The first-order valence-corrected chi connectivity index (χ1v) is 4.83. The van der Waals surface area contributed by atoms with Gasteiger partial charge in [0.05, 0.1) is 0 Å². The standard InChI is InChI=1S/C11H11ClO/c12-10-4-2-1-3-9(10)7-11(8-13)5-6-11/h1-4,8H,5-7H2. The average Bonchev–Trinajstić information content (AvgIpc) is 2.90. The van der Waals surface area contributed by atoms with Crippen LogP contribution in [0.2, 0.25) is 5.02 Å². The Labute approximate surface area is 82.7 Å². The molecule has 68 valence electrons. The normalized spacial score (nSPS) is 18.2. The Morgan fingerprint density at radius 2 is 2.08 bits per heavy atom. The predicted octanol–water partition coefficient (Wildman–Crippen LogP) is 2.86. The van der Waals surface area contributed by atoms with Crippen LogP contribution in [0.3, 0.4) is 0 Å². The molecule has 1 fully saturated rings. The van der Waals surface area contributed by atoms with E-state index in [0.29, 0.717) is 0 Å². The van der Waals surface area contributed by atoms with Crippen LogP contribution in [-0.2, 0) is 11.2 Å². The molecule has 1 aromatic rings. The molecule has 0 amide bonds. The van der Waals surface area contributed by atoms with E-state index in [4.69, 9.17) is 11.6 Å². The summed E-state index contributed by atoms with van der Waals surface area (Å²) in [7, 11) is 0. The highest BCUT2D eigenvalue weighted by atomic mass is 35.5. The molecule has 2 rings (SSSR count). The summed E-state index contributed by atoms with van der Waals surface area (Å²) < 4.78 is 0. The summed E-state index contributed by atoms with van der Waals surface area (Å²) in [6.45, 7) is 0. The van der Waals surface area contributed by atoms with Crippen molar-refractivity contribution < 1.29 is 4.79 Å². The van der Waals surface area contributed by atoms with Crippen LogP contribution in [0.25, 0.3) is 0 Å². The van der Waals surface area contributed by atoms with E-state index in [1.165, 1.54) is 0 Å². The second-order valence-electron chi connectivity index (χ2n) is 3.75. The van der Waals surface area contributed by atoms with Gasteiger partial charge in [0.2, 0.25) is 0 Å². The lowest BCUT2D eigenvalue weighted by atomic mass is 9.98. The summed E-state index contributed by atoms with van der Waals surface area (Å²) in [4.78, 5) is 10.8. The van der Waals surface area contributed by atoms with E-state index in [9.17, 15) is 4.79 Å². The first kappa shape index (κ1) is 8.76. The van der Waals surface area contributed by atoms with E-state index in [0.717, 1.165) is 36.1 Å². The molecule has 0 saturated heterocycles. The van der Waals surface area contributed by atoms with Gasteiger partial charge in [0.15, 0.2) is 0 Å². The van der Waals surface area contributed by atoms with Crippen LogP contribution < -0.4 is 0 Å². The van der Waals surface area contributed by atoms with Gasteiger partial charge in [0.1, 0.15) is 6.29 Å². The molecule has 1 saturated carbocycles. The quantitative estimate of drug-likeness (QED) is 0.677. The van der Waals surface area contributed by atoms with Crippen LogP contribution >= 0.6 is 11.6 Å². The predicted molar refractivity (Wildman–Crippen MR) is 52.9 cm³/mol. The number of hydrogen-bond acceptors (Lipinski definition) is 1. The van der Waals surface area contributed by atoms with Crippen molar-refractivity contribution in [3.63, 3.8) is 0 Å². The average molecular weight is 195 g/mol. The smallest absolute Gasteiger partial charge is 0.126 e. The van der Waals surface area contributed by atoms with E-state index in [-0.39, 0.29) is 5.41 Å². The number of benzene rings is 1. The van der Waals surface area contributed by atoms with Crippen molar-refractivity contribution in [2.24, 2.45) is 5.41 Å². The minimum absolute atomic E-state index is 0.0784. The van der Waals surface area contributed by atoms with E-state index >= 15 is 0 Å². The van der Waals surface area contributed by atoms with Gasteiger partial charge < -0.3 is 4.79 Å². The first-order valence-electron chi connectivity index (χ1n) is 4.45. The molecule has 1 nitrogen and oxygen atoms in total. The van der Waals surface area contributed by atoms with Gasteiger partial charge >= 0.3 is 0 Å².